The molecule has 24 heavy (non-hydrogen) atoms. The van der Waals surface area contributed by atoms with Crippen molar-refractivity contribution >= 4 is 10.0 Å². The van der Waals surface area contributed by atoms with Crippen molar-refractivity contribution in [3.8, 4) is 0 Å². The molecule has 0 radical (unpaired) electrons. The average Bonchev–Trinajstić information content (AvgIpc) is 3.02. The van der Waals surface area contributed by atoms with E-state index in [0.717, 1.165) is 11.5 Å². The molecule has 2 aromatic rings. The van der Waals surface area contributed by atoms with Crippen LogP contribution in [-0.2, 0) is 35.0 Å². The number of rotatable bonds is 4. The molecular formula is C15H23N5O3S. The van der Waals surface area contributed by atoms with Gasteiger partial charge >= 0.3 is 0 Å². The van der Waals surface area contributed by atoms with Gasteiger partial charge in [-0.3, -0.25) is 4.68 Å². The Morgan fingerprint density at radius 3 is 2.62 bits per heavy atom. The van der Waals surface area contributed by atoms with Gasteiger partial charge in [0.05, 0.1) is 35.9 Å². The minimum Gasteiger partial charge on any atom is -0.378 e. The number of methoxy groups -OCH3 is 1. The Hall–Kier alpha value is -1.71. The van der Waals surface area contributed by atoms with Crippen LogP contribution >= 0.6 is 0 Å². The van der Waals surface area contributed by atoms with Gasteiger partial charge in [-0.2, -0.15) is 9.40 Å². The zero-order valence-corrected chi connectivity index (χ0v) is 15.5. The summed E-state index contributed by atoms with van der Waals surface area (Å²) in [5, 5.41) is 4.24. The van der Waals surface area contributed by atoms with E-state index in [-0.39, 0.29) is 6.04 Å². The Labute approximate surface area is 142 Å². The number of hydrogen-bond acceptors (Lipinski definition) is 5. The fourth-order valence-electron chi connectivity index (χ4n) is 3.38. The van der Waals surface area contributed by atoms with E-state index in [4.69, 9.17) is 4.74 Å². The van der Waals surface area contributed by atoms with E-state index in [0.29, 0.717) is 36.0 Å². The molecule has 0 N–H and O–H groups in total. The van der Waals surface area contributed by atoms with E-state index in [2.05, 4.69) is 10.1 Å². The quantitative estimate of drug-likeness (QED) is 0.823. The lowest BCUT2D eigenvalue weighted by molar-refractivity contribution is 0.173. The summed E-state index contributed by atoms with van der Waals surface area (Å²) >= 11 is 0. The number of ether oxygens (including phenoxy) is 1. The van der Waals surface area contributed by atoms with Crippen molar-refractivity contribution in [1.82, 2.24) is 23.6 Å². The molecule has 0 saturated carbocycles. The first-order chi connectivity index (χ1) is 11.3. The summed E-state index contributed by atoms with van der Waals surface area (Å²) in [6, 6.07) is -0.339. The molecule has 2 aromatic heterocycles. The Morgan fingerprint density at radius 1 is 1.33 bits per heavy atom. The molecule has 0 spiro atoms. The predicted octanol–water partition coefficient (Wildman–Crippen LogP) is 1.15. The predicted molar refractivity (Wildman–Crippen MR) is 87.9 cm³/mol. The van der Waals surface area contributed by atoms with Crippen LogP contribution in [0, 0.1) is 13.8 Å². The minimum absolute atomic E-state index is 0.300. The number of aromatic nitrogens is 4. The molecule has 3 rings (SSSR count). The highest BCUT2D eigenvalue weighted by molar-refractivity contribution is 7.89. The summed E-state index contributed by atoms with van der Waals surface area (Å²) in [7, 11) is -0.242. The van der Waals surface area contributed by atoms with Crippen LogP contribution in [0.25, 0.3) is 0 Å². The van der Waals surface area contributed by atoms with Gasteiger partial charge in [0.15, 0.2) is 0 Å². The number of hydrogen-bond donors (Lipinski definition) is 0. The Balaban J connectivity index is 2.01. The van der Waals surface area contributed by atoms with E-state index in [9.17, 15) is 8.42 Å². The number of fused-ring (bicyclic) bond motifs is 1. The van der Waals surface area contributed by atoms with Crippen LogP contribution in [0.4, 0.5) is 0 Å². The van der Waals surface area contributed by atoms with Gasteiger partial charge in [0.1, 0.15) is 10.7 Å². The molecule has 0 aliphatic carbocycles. The van der Waals surface area contributed by atoms with E-state index in [1.54, 1.807) is 38.9 Å². The molecule has 1 unspecified atom stereocenters. The van der Waals surface area contributed by atoms with Gasteiger partial charge < -0.3 is 9.30 Å². The highest BCUT2D eigenvalue weighted by Crippen LogP contribution is 2.33. The summed E-state index contributed by atoms with van der Waals surface area (Å²) in [5.41, 5.74) is 2.13. The Bertz CT molecular complexity index is 868. The van der Waals surface area contributed by atoms with Gasteiger partial charge in [-0.15, -0.1) is 0 Å². The van der Waals surface area contributed by atoms with E-state index in [1.807, 2.05) is 11.5 Å². The Kier molecular flexibility index (Phi) is 4.27. The molecule has 132 valence electrons. The molecule has 8 nitrogen and oxygen atoms in total. The minimum atomic E-state index is -3.63. The van der Waals surface area contributed by atoms with Gasteiger partial charge in [0, 0.05) is 27.2 Å². The van der Waals surface area contributed by atoms with E-state index < -0.39 is 10.0 Å². The molecule has 1 atom stereocenters. The first kappa shape index (κ1) is 17.1. The third-order valence-corrected chi connectivity index (χ3v) is 6.84. The molecule has 0 aromatic carbocycles. The SMILES string of the molecule is COCc1cnc2n1CCN(S(=O)(=O)c1c(C)nn(C)c1C)C2C. The third kappa shape index (κ3) is 2.47. The lowest BCUT2D eigenvalue weighted by atomic mass is 10.2. The first-order valence-corrected chi connectivity index (χ1v) is 9.28. The van der Waals surface area contributed by atoms with Crippen LogP contribution in [0.5, 0.6) is 0 Å². The largest absolute Gasteiger partial charge is 0.378 e. The van der Waals surface area contributed by atoms with Crippen LogP contribution in [0.1, 0.15) is 35.9 Å². The summed E-state index contributed by atoms with van der Waals surface area (Å²) in [5.74, 6) is 0.746. The van der Waals surface area contributed by atoms with Crippen molar-refractivity contribution < 1.29 is 13.2 Å². The monoisotopic (exact) mass is 353 g/mol. The molecule has 0 bridgehead atoms. The van der Waals surface area contributed by atoms with Crippen molar-refractivity contribution in [2.45, 2.75) is 44.9 Å². The number of imidazole rings is 1. The standard InChI is InChI=1S/C15H23N5O3S/c1-10-14(11(2)18(4)17-10)24(21,22)20-7-6-19-13(9-23-5)8-16-15(19)12(20)3/h8,12H,6-7,9H2,1-5H3. The van der Waals surface area contributed by atoms with Gasteiger partial charge in [-0.1, -0.05) is 0 Å². The fraction of sp³-hybridized carbons (Fsp3) is 0.600. The van der Waals surface area contributed by atoms with Crippen LogP contribution in [-0.4, -0.2) is 45.7 Å². The van der Waals surface area contributed by atoms with Crippen LogP contribution in [0.2, 0.25) is 0 Å². The molecule has 1 aliphatic rings. The summed E-state index contributed by atoms with van der Waals surface area (Å²) < 4.78 is 36.8. The Morgan fingerprint density at radius 2 is 2.04 bits per heavy atom. The summed E-state index contributed by atoms with van der Waals surface area (Å²) in [6.07, 6.45) is 1.76. The summed E-state index contributed by atoms with van der Waals surface area (Å²) in [4.78, 5) is 4.72. The van der Waals surface area contributed by atoms with E-state index >= 15 is 0 Å². The van der Waals surface area contributed by atoms with E-state index in [1.165, 1.54) is 4.31 Å². The second kappa shape index (κ2) is 5.98. The maximum Gasteiger partial charge on any atom is 0.247 e. The van der Waals surface area contributed by atoms with Crippen LogP contribution < -0.4 is 0 Å². The number of sulfonamides is 1. The smallest absolute Gasteiger partial charge is 0.247 e. The molecule has 0 fully saturated rings. The molecule has 0 saturated heterocycles. The first-order valence-electron chi connectivity index (χ1n) is 7.84. The number of aryl methyl sites for hydroxylation is 2. The van der Waals surface area contributed by atoms with Crippen LogP contribution in [0.3, 0.4) is 0 Å². The maximum atomic E-state index is 13.2. The highest BCUT2D eigenvalue weighted by atomic mass is 32.2. The van der Waals surface area contributed by atoms with Crippen LogP contribution in [0.15, 0.2) is 11.1 Å². The zero-order chi connectivity index (χ0) is 17.6. The van der Waals surface area contributed by atoms with Crippen molar-refractivity contribution in [3.63, 3.8) is 0 Å². The normalized spacial score (nSPS) is 18.8. The van der Waals surface area contributed by atoms with Crippen molar-refractivity contribution in [2.24, 2.45) is 7.05 Å². The van der Waals surface area contributed by atoms with Gasteiger partial charge in [0.25, 0.3) is 0 Å². The summed E-state index contributed by atoms with van der Waals surface area (Å²) in [6.45, 7) is 6.80. The molecule has 0 amide bonds. The van der Waals surface area contributed by atoms with Gasteiger partial charge in [-0.25, -0.2) is 13.4 Å². The van der Waals surface area contributed by atoms with Gasteiger partial charge in [0.2, 0.25) is 10.0 Å². The topological polar surface area (TPSA) is 82.2 Å². The highest BCUT2D eigenvalue weighted by Gasteiger charge is 2.38. The second-order valence-electron chi connectivity index (χ2n) is 6.11. The second-order valence-corrected chi connectivity index (χ2v) is 7.94. The van der Waals surface area contributed by atoms with Gasteiger partial charge in [-0.05, 0) is 20.8 Å². The average molecular weight is 353 g/mol. The molecule has 3 heterocycles. The fourth-order valence-corrected chi connectivity index (χ4v) is 5.36. The lowest BCUT2D eigenvalue weighted by Gasteiger charge is -2.33. The number of nitrogens with zero attached hydrogens (tertiary/aromatic N) is 5. The van der Waals surface area contributed by atoms with Crippen molar-refractivity contribution in [1.29, 1.82) is 0 Å². The van der Waals surface area contributed by atoms with Crippen molar-refractivity contribution in [3.05, 3.63) is 29.1 Å². The zero-order valence-electron chi connectivity index (χ0n) is 14.6. The third-order valence-electron chi connectivity index (χ3n) is 4.62. The van der Waals surface area contributed by atoms with Crippen molar-refractivity contribution in [2.75, 3.05) is 13.7 Å². The lowest BCUT2D eigenvalue weighted by Crippen LogP contribution is -2.41. The molecular weight excluding hydrogens is 330 g/mol. The molecule has 1 aliphatic heterocycles. The maximum absolute atomic E-state index is 13.2. The molecule has 9 heteroatoms.